The highest BCUT2D eigenvalue weighted by molar-refractivity contribution is 6.34. The van der Waals surface area contributed by atoms with E-state index in [2.05, 4.69) is 5.10 Å². The summed E-state index contributed by atoms with van der Waals surface area (Å²) >= 11 is 5.96. The van der Waals surface area contributed by atoms with Gasteiger partial charge in [0, 0.05) is 13.0 Å². The molecular weight excluding hydrogens is 220 g/mol. The third kappa shape index (κ3) is 1.79. The van der Waals surface area contributed by atoms with Crippen LogP contribution in [0.1, 0.15) is 23.8 Å². The molecule has 2 heterocycles. The molecule has 1 aliphatic rings. The number of carbonyl (C=O) groups excluding carboxylic acids is 1. The average molecular weight is 231 g/mol. The van der Waals surface area contributed by atoms with Crippen molar-refractivity contribution < 1.29 is 14.3 Å². The predicted octanol–water partition coefficient (Wildman–Crippen LogP) is 1.50. The summed E-state index contributed by atoms with van der Waals surface area (Å²) in [5.74, 6) is -0.0426. The van der Waals surface area contributed by atoms with E-state index in [0.717, 1.165) is 6.42 Å². The number of carbonyl (C=O) groups is 1. The fraction of sp³-hybridized carbons (Fsp3) is 0.556. The molecule has 0 unspecified atom stereocenters. The summed E-state index contributed by atoms with van der Waals surface area (Å²) in [5, 5.41) is 4.30. The Morgan fingerprint density at radius 1 is 1.73 bits per heavy atom. The Morgan fingerprint density at radius 3 is 3.20 bits per heavy atom. The van der Waals surface area contributed by atoms with Crippen LogP contribution in [-0.4, -0.2) is 29.0 Å². The quantitative estimate of drug-likeness (QED) is 0.723. The van der Waals surface area contributed by atoms with Gasteiger partial charge < -0.3 is 9.47 Å². The molecule has 0 atom stereocenters. The maximum Gasteiger partial charge on any atom is 0.360 e. The van der Waals surface area contributed by atoms with Gasteiger partial charge in [0.1, 0.15) is 5.02 Å². The van der Waals surface area contributed by atoms with Crippen LogP contribution in [0.3, 0.4) is 0 Å². The van der Waals surface area contributed by atoms with Crippen LogP contribution in [-0.2, 0) is 11.3 Å². The lowest BCUT2D eigenvalue weighted by Crippen LogP contribution is -2.15. The summed E-state index contributed by atoms with van der Waals surface area (Å²) in [6.07, 6.45) is 0.868. The zero-order chi connectivity index (χ0) is 10.8. The first-order valence-electron chi connectivity index (χ1n) is 4.80. The predicted molar refractivity (Wildman–Crippen MR) is 53.3 cm³/mol. The molecule has 0 N–H and O–H groups in total. The SMILES string of the molecule is CCOC(=O)c1nn2c(c1Cl)OCCC2. The molecule has 0 amide bonds. The first-order chi connectivity index (χ1) is 7.24. The molecule has 15 heavy (non-hydrogen) atoms. The topological polar surface area (TPSA) is 53.3 Å². The first-order valence-corrected chi connectivity index (χ1v) is 5.18. The number of hydrogen-bond acceptors (Lipinski definition) is 4. The van der Waals surface area contributed by atoms with Crippen molar-refractivity contribution >= 4 is 17.6 Å². The van der Waals surface area contributed by atoms with E-state index in [1.54, 1.807) is 11.6 Å². The molecule has 0 radical (unpaired) electrons. The summed E-state index contributed by atoms with van der Waals surface area (Å²) in [6.45, 7) is 3.36. The third-order valence-electron chi connectivity index (χ3n) is 2.07. The van der Waals surface area contributed by atoms with Crippen molar-refractivity contribution in [2.45, 2.75) is 19.9 Å². The molecule has 6 heteroatoms. The van der Waals surface area contributed by atoms with E-state index in [9.17, 15) is 4.79 Å². The minimum atomic E-state index is -0.506. The second kappa shape index (κ2) is 4.10. The Morgan fingerprint density at radius 2 is 2.53 bits per heavy atom. The smallest absolute Gasteiger partial charge is 0.360 e. The Labute approximate surface area is 91.9 Å². The lowest BCUT2D eigenvalue weighted by atomic mass is 10.4. The zero-order valence-corrected chi connectivity index (χ0v) is 9.08. The number of hydrogen-bond donors (Lipinski definition) is 0. The van der Waals surface area contributed by atoms with Crippen molar-refractivity contribution in [2.75, 3.05) is 13.2 Å². The molecule has 0 saturated carbocycles. The molecule has 2 rings (SSSR count). The van der Waals surface area contributed by atoms with Crippen LogP contribution in [0.2, 0.25) is 5.02 Å². The monoisotopic (exact) mass is 230 g/mol. The summed E-state index contributed by atoms with van der Waals surface area (Å²) in [7, 11) is 0. The van der Waals surface area contributed by atoms with Crippen molar-refractivity contribution in [3.05, 3.63) is 10.7 Å². The van der Waals surface area contributed by atoms with Crippen molar-refractivity contribution in [1.82, 2.24) is 9.78 Å². The normalized spacial score (nSPS) is 14.3. The van der Waals surface area contributed by atoms with Gasteiger partial charge in [-0.1, -0.05) is 11.6 Å². The van der Waals surface area contributed by atoms with Crippen molar-refractivity contribution in [3.8, 4) is 5.88 Å². The number of ether oxygens (including phenoxy) is 2. The Bertz CT molecular complexity index is 389. The van der Waals surface area contributed by atoms with Crippen molar-refractivity contribution in [3.63, 3.8) is 0 Å². The van der Waals surface area contributed by atoms with E-state index in [0.29, 0.717) is 25.6 Å². The number of aryl methyl sites for hydroxylation is 1. The maximum atomic E-state index is 11.4. The van der Waals surface area contributed by atoms with Crippen LogP contribution in [0.5, 0.6) is 5.88 Å². The molecule has 0 spiro atoms. The fourth-order valence-corrected chi connectivity index (χ4v) is 1.69. The molecule has 1 aromatic rings. The molecule has 1 aromatic heterocycles. The summed E-state index contributed by atoms with van der Waals surface area (Å²) in [5.41, 5.74) is 0.135. The van der Waals surface area contributed by atoms with Crippen molar-refractivity contribution in [1.29, 1.82) is 0 Å². The van der Waals surface area contributed by atoms with Gasteiger partial charge in [0.2, 0.25) is 5.88 Å². The number of halogens is 1. The van der Waals surface area contributed by atoms with Gasteiger partial charge >= 0.3 is 5.97 Å². The molecule has 5 nitrogen and oxygen atoms in total. The largest absolute Gasteiger partial charge is 0.477 e. The van der Waals surface area contributed by atoms with E-state index < -0.39 is 5.97 Å². The Balaban J connectivity index is 2.32. The minimum Gasteiger partial charge on any atom is -0.477 e. The second-order valence-corrected chi connectivity index (χ2v) is 3.49. The maximum absolute atomic E-state index is 11.4. The van der Waals surface area contributed by atoms with Crippen LogP contribution in [0, 0.1) is 0 Å². The molecule has 0 aromatic carbocycles. The van der Waals surface area contributed by atoms with Crippen LogP contribution in [0.4, 0.5) is 0 Å². The van der Waals surface area contributed by atoms with Gasteiger partial charge in [-0.05, 0) is 6.92 Å². The standard InChI is InChI=1S/C9H11ClN2O3/c1-2-14-9(13)7-6(10)8-12(11-7)4-3-5-15-8/h2-5H2,1H3. The van der Waals surface area contributed by atoms with Crippen LogP contribution in [0.25, 0.3) is 0 Å². The summed E-state index contributed by atoms with van der Waals surface area (Å²) in [6, 6.07) is 0. The van der Waals surface area contributed by atoms with Gasteiger partial charge in [0.25, 0.3) is 0 Å². The summed E-state index contributed by atoms with van der Waals surface area (Å²) in [4.78, 5) is 11.4. The van der Waals surface area contributed by atoms with Crippen LogP contribution < -0.4 is 4.74 Å². The van der Waals surface area contributed by atoms with Gasteiger partial charge in [-0.15, -0.1) is 0 Å². The van der Waals surface area contributed by atoms with Crippen molar-refractivity contribution in [2.24, 2.45) is 0 Å². The number of rotatable bonds is 2. The lowest BCUT2D eigenvalue weighted by Gasteiger charge is -2.14. The van der Waals surface area contributed by atoms with E-state index in [-0.39, 0.29) is 10.7 Å². The van der Waals surface area contributed by atoms with Gasteiger partial charge in [-0.2, -0.15) is 5.10 Å². The minimum absolute atomic E-state index is 0.135. The second-order valence-electron chi connectivity index (χ2n) is 3.11. The molecule has 0 aliphatic carbocycles. The number of fused-ring (bicyclic) bond motifs is 1. The molecule has 1 aliphatic heterocycles. The number of aromatic nitrogens is 2. The molecule has 0 bridgehead atoms. The highest BCUT2D eigenvalue weighted by Crippen LogP contribution is 2.31. The summed E-state index contributed by atoms with van der Waals surface area (Å²) < 4.78 is 11.8. The average Bonchev–Trinajstić information content (AvgIpc) is 2.57. The first kappa shape index (κ1) is 10.3. The zero-order valence-electron chi connectivity index (χ0n) is 8.33. The van der Waals surface area contributed by atoms with Gasteiger partial charge in [0.15, 0.2) is 5.69 Å². The van der Waals surface area contributed by atoms with Crippen LogP contribution >= 0.6 is 11.6 Å². The fourth-order valence-electron chi connectivity index (χ4n) is 1.43. The number of nitrogens with zero attached hydrogens (tertiary/aromatic N) is 2. The van der Waals surface area contributed by atoms with Crippen LogP contribution in [0.15, 0.2) is 0 Å². The highest BCUT2D eigenvalue weighted by atomic mass is 35.5. The van der Waals surface area contributed by atoms with E-state index in [1.807, 2.05) is 0 Å². The lowest BCUT2D eigenvalue weighted by molar-refractivity contribution is 0.0518. The van der Waals surface area contributed by atoms with Gasteiger partial charge in [0.05, 0.1) is 13.2 Å². The Hall–Kier alpha value is -1.23. The van der Waals surface area contributed by atoms with E-state index in [4.69, 9.17) is 21.1 Å². The molecular formula is C9H11ClN2O3. The van der Waals surface area contributed by atoms with Gasteiger partial charge in [-0.3, -0.25) is 0 Å². The highest BCUT2D eigenvalue weighted by Gasteiger charge is 2.25. The molecule has 0 saturated heterocycles. The number of esters is 1. The molecule has 82 valence electrons. The van der Waals surface area contributed by atoms with Gasteiger partial charge in [-0.25, -0.2) is 9.48 Å². The van der Waals surface area contributed by atoms with E-state index >= 15 is 0 Å². The third-order valence-corrected chi connectivity index (χ3v) is 2.41. The Kier molecular flexibility index (Phi) is 2.81. The van der Waals surface area contributed by atoms with E-state index in [1.165, 1.54) is 0 Å². The molecule has 0 fully saturated rings.